The van der Waals surface area contributed by atoms with E-state index in [1.807, 2.05) is 13.8 Å². The van der Waals surface area contributed by atoms with Crippen LogP contribution in [-0.4, -0.2) is 22.1 Å². The van der Waals surface area contributed by atoms with Crippen molar-refractivity contribution in [2.75, 3.05) is 0 Å². The van der Waals surface area contributed by atoms with E-state index in [0.717, 1.165) is 0 Å². The number of rotatable bonds is 3. The Kier molecular flexibility index (Phi) is 3.12. The third-order valence-corrected chi connectivity index (χ3v) is 1.23. The molecule has 0 rings (SSSR count). The van der Waals surface area contributed by atoms with Gasteiger partial charge < -0.3 is 5.11 Å². The van der Waals surface area contributed by atoms with Crippen LogP contribution in [-0.2, 0) is 4.79 Å². The first-order valence-corrected chi connectivity index (χ1v) is 3.44. The molecular weight excluding hydrogens is 154 g/mol. The lowest BCUT2D eigenvalue weighted by molar-refractivity contribution is -0.140. The summed E-state index contributed by atoms with van der Waals surface area (Å²) in [4.78, 5) is 9.02. The minimum atomic E-state index is -1.34. The van der Waals surface area contributed by atoms with Crippen molar-refractivity contribution in [1.82, 2.24) is 5.32 Å². The predicted octanol–water partition coefficient (Wildman–Crippen LogP) is 1.02. The summed E-state index contributed by atoms with van der Waals surface area (Å²) in [6.45, 7) is 5.09. The zero-order valence-electron chi connectivity index (χ0n) is 6.31. The van der Waals surface area contributed by atoms with E-state index in [4.69, 9.17) is 16.7 Å². The van der Waals surface area contributed by atoms with E-state index in [-0.39, 0.29) is 6.04 Å². The molecular formula is C6H12ClNO2. The predicted molar refractivity (Wildman–Crippen MR) is 40.2 cm³/mol. The maximum Gasteiger partial charge on any atom is 0.339 e. The van der Waals surface area contributed by atoms with Crippen LogP contribution in [0.2, 0.25) is 0 Å². The lowest BCUT2D eigenvalue weighted by Gasteiger charge is -2.20. The summed E-state index contributed by atoms with van der Waals surface area (Å²) < 4.78 is 0. The number of hydrogen-bond acceptors (Lipinski definition) is 2. The lowest BCUT2D eigenvalue weighted by atomic mass is 10.3. The van der Waals surface area contributed by atoms with Crippen molar-refractivity contribution in [2.24, 2.45) is 0 Å². The van der Waals surface area contributed by atoms with Crippen LogP contribution in [0.4, 0.5) is 0 Å². The fourth-order valence-electron chi connectivity index (χ4n) is 0.604. The van der Waals surface area contributed by atoms with Gasteiger partial charge in [0.05, 0.1) is 0 Å². The number of carbonyl (C=O) groups is 1. The summed E-state index contributed by atoms with van der Waals surface area (Å²) in [5.74, 6) is -1.05. The molecule has 0 aliphatic carbocycles. The largest absolute Gasteiger partial charge is 0.479 e. The van der Waals surface area contributed by atoms with Crippen LogP contribution in [0.5, 0.6) is 0 Å². The average molecular weight is 166 g/mol. The molecule has 0 aromatic carbocycles. The number of alkyl halides is 1. The Morgan fingerprint density at radius 1 is 1.70 bits per heavy atom. The molecule has 0 heterocycles. The maximum atomic E-state index is 10.4. The van der Waals surface area contributed by atoms with E-state index >= 15 is 0 Å². The van der Waals surface area contributed by atoms with Gasteiger partial charge >= 0.3 is 5.97 Å². The van der Waals surface area contributed by atoms with Gasteiger partial charge in [0.2, 0.25) is 0 Å². The quantitative estimate of drug-likeness (QED) is 0.485. The second-order valence-electron chi connectivity index (χ2n) is 2.61. The third kappa shape index (κ3) is 3.03. The van der Waals surface area contributed by atoms with Gasteiger partial charge in [-0.05, 0) is 20.8 Å². The zero-order chi connectivity index (χ0) is 8.36. The van der Waals surface area contributed by atoms with Crippen molar-refractivity contribution in [2.45, 2.75) is 31.8 Å². The number of nitrogens with one attached hydrogen (secondary N) is 1. The van der Waals surface area contributed by atoms with Gasteiger partial charge in [0, 0.05) is 6.04 Å². The highest BCUT2D eigenvalue weighted by atomic mass is 35.5. The van der Waals surface area contributed by atoms with Crippen LogP contribution >= 0.6 is 11.6 Å². The molecule has 0 aromatic heterocycles. The fourth-order valence-corrected chi connectivity index (χ4v) is 0.822. The monoisotopic (exact) mass is 165 g/mol. The molecule has 10 heavy (non-hydrogen) atoms. The molecule has 0 spiro atoms. The van der Waals surface area contributed by atoms with Crippen molar-refractivity contribution in [3.8, 4) is 0 Å². The molecule has 4 heteroatoms. The minimum absolute atomic E-state index is 0.0681. The van der Waals surface area contributed by atoms with Crippen LogP contribution < -0.4 is 5.32 Å². The van der Waals surface area contributed by atoms with Crippen LogP contribution in [0, 0.1) is 0 Å². The summed E-state index contributed by atoms with van der Waals surface area (Å²) >= 11 is 5.56. The van der Waals surface area contributed by atoms with E-state index in [1.165, 1.54) is 6.92 Å². The Morgan fingerprint density at radius 2 is 2.10 bits per heavy atom. The third-order valence-electron chi connectivity index (χ3n) is 0.961. The number of carboxylic acids is 1. The smallest absolute Gasteiger partial charge is 0.339 e. The van der Waals surface area contributed by atoms with E-state index in [9.17, 15) is 4.79 Å². The standard InChI is InChI=1S/C6H12ClNO2/c1-4(2)8-6(3,7)5(9)10/h4,8H,1-3H3,(H,9,10). The number of aliphatic carboxylic acids is 1. The maximum absolute atomic E-state index is 10.4. The fraction of sp³-hybridized carbons (Fsp3) is 0.833. The highest BCUT2D eigenvalue weighted by molar-refractivity contribution is 6.33. The number of carboxylic acid groups (broad SMARTS) is 1. The van der Waals surface area contributed by atoms with Gasteiger partial charge in [-0.3, -0.25) is 5.32 Å². The second kappa shape index (κ2) is 3.21. The van der Waals surface area contributed by atoms with E-state index in [2.05, 4.69) is 5.32 Å². The summed E-state index contributed by atoms with van der Waals surface area (Å²) in [6.07, 6.45) is 0. The van der Waals surface area contributed by atoms with Gasteiger partial charge in [0.1, 0.15) is 0 Å². The first-order valence-electron chi connectivity index (χ1n) is 3.06. The molecule has 1 atom stereocenters. The SMILES string of the molecule is CC(C)NC(C)(Cl)C(=O)O. The number of halogens is 1. The lowest BCUT2D eigenvalue weighted by Crippen LogP contribution is -2.47. The molecule has 0 saturated carbocycles. The molecule has 0 saturated heterocycles. The molecule has 2 N–H and O–H groups in total. The van der Waals surface area contributed by atoms with Gasteiger partial charge in [-0.25, -0.2) is 4.79 Å². The normalized spacial score (nSPS) is 16.9. The van der Waals surface area contributed by atoms with Gasteiger partial charge in [0.15, 0.2) is 5.00 Å². The van der Waals surface area contributed by atoms with E-state index < -0.39 is 11.0 Å². The van der Waals surface area contributed by atoms with E-state index in [1.54, 1.807) is 0 Å². The molecule has 0 bridgehead atoms. The first-order chi connectivity index (χ1) is 4.36. The average Bonchev–Trinajstić information content (AvgIpc) is 1.60. The van der Waals surface area contributed by atoms with Crippen molar-refractivity contribution >= 4 is 17.6 Å². The molecule has 0 aliphatic rings. The topological polar surface area (TPSA) is 49.3 Å². The molecule has 0 radical (unpaired) electrons. The number of hydrogen-bond donors (Lipinski definition) is 2. The molecule has 60 valence electrons. The summed E-state index contributed by atoms with van der Waals surface area (Å²) in [5.41, 5.74) is 0. The van der Waals surface area contributed by atoms with Crippen LogP contribution in [0.15, 0.2) is 0 Å². The highest BCUT2D eigenvalue weighted by Crippen LogP contribution is 2.10. The first kappa shape index (κ1) is 9.72. The summed E-state index contributed by atoms with van der Waals surface area (Å²) in [7, 11) is 0. The Bertz CT molecular complexity index is 134. The Labute approximate surface area is 65.4 Å². The molecule has 3 nitrogen and oxygen atoms in total. The van der Waals surface area contributed by atoms with Gasteiger partial charge in [-0.15, -0.1) is 0 Å². The van der Waals surface area contributed by atoms with E-state index in [0.29, 0.717) is 0 Å². The zero-order valence-corrected chi connectivity index (χ0v) is 7.07. The van der Waals surface area contributed by atoms with Gasteiger partial charge in [-0.2, -0.15) is 0 Å². The molecule has 0 amide bonds. The molecule has 0 aliphatic heterocycles. The minimum Gasteiger partial charge on any atom is -0.479 e. The van der Waals surface area contributed by atoms with Crippen molar-refractivity contribution in [3.63, 3.8) is 0 Å². The van der Waals surface area contributed by atoms with Crippen molar-refractivity contribution in [3.05, 3.63) is 0 Å². The Balaban J connectivity index is 4.00. The van der Waals surface area contributed by atoms with Gasteiger partial charge in [0.25, 0.3) is 0 Å². The Hall–Kier alpha value is -0.280. The summed E-state index contributed by atoms with van der Waals surface area (Å²) in [6, 6.07) is 0.0681. The Morgan fingerprint density at radius 3 is 2.20 bits per heavy atom. The van der Waals surface area contributed by atoms with Crippen molar-refractivity contribution < 1.29 is 9.90 Å². The van der Waals surface area contributed by atoms with Crippen molar-refractivity contribution in [1.29, 1.82) is 0 Å². The molecule has 0 fully saturated rings. The second-order valence-corrected chi connectivity index (χ2v) is 3.36. The summed E-state index contributed by atoms with van der Waals surface area (Å²) in [5, 5.41) is 11.2. The van der Waals surface area contributed by atoms with Gasteiger partial charge in [-0.1, -0.05) is 11.6 Å². The van der Waals surface area contributed by atoms with Crippen LogP contribution in [0.3, 0.4) is 0 Å². The van der Waals surface area contributed by atoms with Crippen LogP contribution in [0.25, 0.3) is 0 Å². The molecule has 0 aromatic rings. The highest BCUT2D eigenvalue weighted by Gasteiger charge is 2.29. The molecule has 1 unspecified atom stereocenters. The van der Waals surface area contributed by atoms with Crippen LogP contribution in [0.1, 0.15) is 20.8 Å².